The van der Waals surface area contributed by atoms with Crippen LogP contribution in [0.15, 0.2) is 24.5 Å². The van der Waals surface area contributed by atoms with Crippen molar-refractivity contribution in [1.82, 2.24) is 4.98 Å². The number of esters is 2. The van der Waals surface area contributed by atoms with Crippen LogP contribution >= 0.6 is 7.82 Å². The molecule has 11 heteroatoms. The molecule has 1 fully saturated rings. The highest BCUT2D eigenvalue weighted by molar-refractivity contribution is 7.48. The van der Waals surface area contributed by atoms with Gasteiger partial charge in [-0.05, 0) is 44.9 Å². The Morgan fingerprint density at radius 3 is 2.45 bits per heavy atom. The standard InChI is InChI=1S/C22H32NO9P/c1-21(2,3)20(26)29-15-31-33(27)30-14-22(4,5)19(32-33)17(24)7-6-8-18(25)28-13-16-9-11-23-12-10-16/h9-12,19H,6-8,13-15H2,1-5H3/t19-,33-/m0/s1. The van der Waals surface area contributed by atoms with E-state index in [0.717, 1.165) is 5.56 Å². The van der Waals surface area contributed by atoms with E-state index in [-0.39, 0.29) is 38.3 Å². The minimum Gasteiger partial charge on any atom is -0.461 e. The van der Waals surface area contributed by atoms with Crippen LogP contribution in [0.1, 0.15) is 59.4 Å². The molecule has 0 bridgehead atoms. The maximum absolute atomic E-state index is 12.8. The Bertz CT molecular complexity index is 880. The summed E-state index contributed by atoms with van der Waals surface area (Å²) in [5.74, 6) is -1.31. The number of Topliss-reactive ketones (excluding diaryl/α,β-unsaturated/α-hetero) is 1. The topological polar surface area (TPSA) is 127 Å². The first-order valence-corrected chi connectivity index (χ1v) is 12.1. The van der Waals surface area contributed by atoms with Crippen LogP contribution in [0.4, 0.5) is 0 Å². The van der Waals surface area contributed by atoms with E-state index in [9.17, 15) is 18.9 Å². The minimum atomic E-state index is -4.10. The Morgan fingerprint density at radius 2 is 1.82 bits per heavy atom. The van der Waals surface area contributed by atoms with E-state index in [2.05, 4.69) is 4.98 Å². The molecule has 2 rings (SSSR count). The normalized spacial score (nSPS) is 22.4. The van der Waals surface area contributed by atoms with Gasteiger partial charge in [0.15, 0.2) is 5.78 Å². The molecule has 1 saturated heterocycles. The second-order valence-electron chi connectivity index (χ2n) is 9.46. The van der Waals surface area contributed by atoms with E-state index in [0.29, 0.717) is 0 Å². The monoisotopic (exact) mass is 485 g/mol. The number of pyridine rings is 1. The molecule has 184 valence electrons. The van der Waals surface area contributed by atoms with Gasteiger partial charge in [-0.15, -0.1) is 0 Å². The summed E-state index contributed by atoms with van der Waals surface area (Å²) in [4.78, 5) is 40.4. The zero-order valence-corrected chi connectivity index (χ0v) is 20.6. The zero-order valence-electron chi connectivity index (χ0n) is 19.7. The number of hydrogen-bond acceptors (Lipinski definition) is 10. The second kappa shape index (κ2) is 11.3. The van der Waals surface area contributed by atoms with Gasteiger partial charge in [0, 0.05) is 30.7 Å². The van der Waals surface area contributed by atoms with Gasteiger partial charge in [0.25, 0.3) is 0 Å². The maximum atomic E-state index is 12.8. The highest BCUT2D eigenvalue weighted by Gasteiger charge is 2.48. The third-order valence-electron chi connectivity index (χ3n) is 4.80. The minimum absolute atomic E-state index is 0.0253. The number of phosphoric ester groups is 1. The Hall–Kier alpha value is -2.13. The van der Waals surface area contributed by atoms with Gasteiger partial charge in [0.2, 0.25) is 6.79 Å². The number of carbonyl (C=O) groups excluding carboxylic acids is 3. The van der Waals surface area contributed by atoms with Crippen LogP contribution in [0.5, 0.6) is 0 Å². The van der Waals surface area contributed by atoms with Crippen molar-refractivity contribution in [1.29, 1.82) is 0 Å². The molecule has 33 heavy (non-hydrogen) atoms. The highest BCUT2D eigenvalue weighted by Crippen LogP contribution is 2.57. The Morgan fingerprint density at radius 1 is 1.15 bits per heavy atom. The van der Waals surface area contributed by atoms with Crippen molar-refractivity contribution in [3.05, 3.63) is 30.1 Å². The number of aromatic nitrogens is 1. The van der Waals surface area contributed by atoms with Crippen molar-refractivity contribution in [2.75, 3.05) is 13.4 Å². The number of hydrogen-bond donors (Lipinski definition) is 0. The van der Waals surface area contributed by atoms with Gasteiger partial charge in [-0.25, -0.2) is 9.09 Å². The summed E-state index contributed by atoms with van der Waals surface area (Å²) in [5.41, 5.74) is -0.708. The molecule has 0 saturated carbocycles. The van der Waals surface area contributed by atoms with Crippen LogP contribution in [-0.2, 0) is 48.6 Å². The lowest BCUT2D eigenvalue weighted by molar-refractivity contribution is -0.163. The Labute approximate surface area is 193 Å². The van der Waals surface area contributed by atoms with Crippen molar-refractivity contribution in [3.8, 4) is 0 Å². The van der Waals surface area contributed by atoms with Crippen molar-refractivity contribution >= 4 is 25.5 Å². The number of ether oxygens (including phenoxy) is 2. The van der Waals surface area contributed by atoms with Crippen molar-refractivity contribution in [2.24, 2.45) is 10.8 Å². The Balaban J connectivity index is 1.82. The molecule has 2 heterocycles. The fraction of sp³-hybridized carbons (Fsp3) is 0.636. The smallest absolute Gasteiger partial charge is 0.461 e. The quantitative estimate of drug-likeness (QED) is 0.273. The predicted octanol–water partition coefficient (Wildman–Crippen LogP) is 3.98. The van der Waals surface area contributed by atoms with Crippen LogP contribution in [0.25, 0.3) is 0 Å². The maximum Gasteiger partial charge on any atom is 0.478 e. The molecule has 1 aromatic rings. The molecule has 1 aromatic heterocycles. The van der Waals surface area contributed by atoms with Gasteiger partial charge in [-0.3, -0.25) is 28.4 Å². The van der Waals surface area contributed by atoms with Crippen molar-refractivity contribution in [2.45, 2.75) is 66.6 Å². The first kappa shape index (κ1) is 27.1. The van der Waals surface area contributed by atoms with E-state index >= 15 is 0 Å². The fourth-order valence-electron chi connectivity index (χ4n) is 2.80. The van der Waals surface area contributed by atoms with E-state index < -0.39 is 43.5 Å². The van der Waals surface area contributed by atoms with E-state index in [1.54, 1.807) is 59.1 Å². The third-order valence-corrected chi connectivity index (χ3v) is 6.13. The first-order chi connectivity index (χ1) is 15.3. The lowest BCUT2D eigenvalue weighted by Crippen LogP contribution is -2.45. The lowest BCUT2D eigenvalue weighted by atomic mass is 9.84. The molecule has 1 aliphatic heterocycles. The van der Waals surface area contributed by atoms with Crippen LogP contribution in [0.3, 0.4) is 0 Å². The largest absolute Gasteiger partial charge is 0.478 e. The molecule has 0 N–H and O–H groups in total. The van der Waals surface area contributed by atoms with Crippen LogP contribution in [0, 0.1) is 10.8 Å². The van der Waals surface area contributed by atoms with Gasteiger partial charge in [-0.1, -0.05) is 13.8 Å². The molecule has 1 aliphatic rings. The summed E-state index contributed by atoms with van der Waals surface area (Å²) in [6, 6.07) is 3.48. The molecule has 0 amide bonds. The summed E-state index contributed by atoms with van der Waals surface area (Å²) < 4.78 is 38.6. The third kappa shape index (κ3) is 8.62. The van der Waals surface area contributed by atoms with Gasteiger partial charge >= 0.3 is 19.8 Å². The number of carbonyl (C=O) groups is 3. The van der Waals surface area contributed by atoms with Gasteiger partial charge < -0.3 is 9.47 Å². The fourth-order valence-corrected chi connectivity index (χ4v) is 4.33. The first-order valence-electron chi connectivity index (χ1n) is 10.6. The molecule has 0 unspecified atom stereocenters. The van der Waals surface area contributed by atoms with Crippen LogP contribution in [0.2, 0.25) is 0 Å². The molecular formula is C22H32NO9P. The average molecular weight is 485 g/mol. The SMILES string of the molecule is CC(C)(C)C(=O)OCO[P@]1(=O)OCC(C)(C)[C@H](C(=O)CCCC(=O)OCc2ccncc2)O1. The van der Waals surface area contributed by atoms with Gasteiger partial charge in [-0.2, -0.15) is 0 Å². The molecule has 2 atom stereocenters. The molecule has 0 aromatic carbocycles. The lowest BCUT2D eigenvalue weighted by Gasteiger charge is -2.39. The number of ketones is 1. The zero-order chi connectivity index (χ0) is 24.7. The molecule has 10 nitrogen and oxygen atoms in total. The summed E-state index contributed by atoms with van der Waals surface area (Å²) in [6.45, 7) is 7.92. The van der Waals surface area contributed by atoms with Crippen molar-refractivity contribution < 1.29 is 42.0 Å². The number of nitrogens with zero attached hydrogens (tertiary/aromatic N) is 1. The Kier molecular flexibility index (Phi) is 9.31. The summed E-state index contributed by atoms with van der Waals surface area (Å²) in [5, 5.41) is 0. The van der Waals surface area contributed by atoms with Gasteiger partial charge in [0.1, 0.15) is 12.7 Å². The van der Waals surface area contributed by atoms with E-state index in [1.807, 2.05) is 0 Å². The highest BCUT2D eigenvalue weighted by atomic mass is 31.2. The summed E-state index contributed by atoms with van der Waals surface area (Å²) in [7, 11) is -4.10. The second-order valence-corrected chi connectivity index (χ2v) is 11.1. The number of phosphoric acid groups is 1. The summed E-state index contributed by atoms with van der Waals surface area (Å²) in [6.07, 6.45) is 2.47. The average Bonchev–Trinajstić information content (AvgIpc) is 2.74. The van der Waals surface area contributed by atoms with E-state index in [1.165, 1.54) is 0 Å². The predicted molar refractivity (Wildman–Crippen MR) is 117 cm³/mol. The van der Waals surface area contributed by atoms with Gasteiger partial charge in [0.05, 0.1) is 12.0 Å². The van der Waals surface area contributed by atoms with Crippen molar-refractivity contribution in [3.63, 3.8) is 0 Å². The summed E-state index contributed by atoms with van der Waals surface area (Å²) >= 11 is 0. The molecule has 0 aliphatic carbocycles. The van der Waals surface area contributed by atoms with E-state index in [4.69, 9.17) is 23.0 Å². The van der Waals surface area contributed by atoms with Crippen LogP contribution < -0.4 is 0 Å². The molecule has 0 spiro atoms. The molecule has 0 radical (unpaired) electrons. The number of rotatable bonds is 10. The molecular weight excluding hydrogens is 453 g/mol. The van der Waals surface area contributed by atoms with Crippen LogP contribution in [-0.4, -0.2) is 42.2 Å².